The minimum atomic E-state index is 0.0932. The number of thiophene rings is 1. The summed E-state index contributed by atoms with van der Waals surface area (Å²) in [7, 11) is 0. The van der Waals surface area contributed by atoms with Crippen LogP contribution in [-0.2, 0) is 24.3 Å². The second-order valence-electron chi connectivity index (χ2n) is 10.9. The standard InChI is InChI=1S/C32H33N7OS/c40-29(10-7-16-37-14-5-2-6-15-37)38-17-13-26-28(21-38)41-32-30(26)31(33-22-34-32)36-25-11-12-27-24(18-25)19-35-39(27)20-23-8-3-1-4-9-23/h1,3-4,7-12,18-19,22H,2,5-6,13-17,20-21H2,(H,33,34,36). The third kappa shape index (κ3) is 5.47. The lowest BCUT2D eigenvalue weighted by Gasteiger charge is -2.27. The first-order valence-corrected chi connectivity index (χ1v) is 15.2. The molecule has 2 aromatic carbocycles. The molecule has 7 rings (SSSR count). The van der Waals surface area contributed by atoms with Gasteiger partial charge in [0.25, 0.3) is 0 Å². The van der Waals surface area contributed by atoms with Crippen molar-refractivity contribution in [3.63, 3.8) is 0 Å². The Kier molecular flexibility index (Phi) is 7.21. The first kappa shape index (κ1) is 25.9. The Labute approximate surface area is 243 Å². The maximum atomic E-state index is 13.0. The molecule has 1 fully saturated rings. The maximum Gasteiger partial charge on any atom is 0.246 e. The van der Waals surface area contributed by atoms with Crippen molar-refractivity contribution in [1.82, 2.24) is 29.5 Å². The fraction of sp³-hybridized carbons (Fsp3) is 0.312. The van der Waals surface area contributed by atoms with Crippen LogP contribution in [0.4, 0.5) is 11.5 Å². The number of fused-ring (bicyclic) bond motifs is 4. The normalized spacial score (nSPS) is 16.0. The third-order valence-electron chi connectivity index (χ3n) is 8.10. The van der Waals surface area contributed by atoms with Gasteiger partial charge in [-0.05, 0) is 61.7 Å². The van der Waals surface area contributed by atoms with Crippen LogP contribution in [0.3, 0.4) is 0 Å². The molecule has 0 saturated carbocycles. The number of benzene rings is 2. The SMILES string of the molecule is O=C(C=CCN1CCCCC1)N1CCc2c(sc3ncnc(Nc4ccc5c(cnn5Cc5ccccc5)c4)c23)C1. The molecule has 2 aliphatic heterocycles. The summed E-state index contributed by atoms with van der Waals surface area (Å²) in [4.78, 5) is 28.7. The second kappa shape index (κ2) is 11.4. The highest BCUT2D eigenvalue weighted by molar-refractivity contribution is 7.19. The molecule has 0 unspecified atom stereocenters. The first-order chi connectivity index (χ1) is 20.2. The monoisotopic (exact) mass is 563 g/mol. The minimum absolute atomic E-state index is 0.0932. The van der Waals surface area contributed by atoms with Gasteiger partial charge in [0.1, 0.15) is 17.0 Å². The lowest BCUT2D eigenvalue weighted by molar-refractivity contribution is -0.126. The van der Waals surface area contributed by atoms with E-state index >= 15 is 0 Å². The second-order valence-corrected chi connectivity index (χ2v) is 11.9. The molecule has 0 spiro atoms. The smallest absolute Gasteiger partial charge is 0.246 e. The van der Waals surface area contributed by atoms with E-state index in [2.05, 4.69) is 67.7 Å². The number of carbonyl (C=O) groups is 1. The number of likely N-dealkylation sites (tertiary alicyclic amines) is 1. The third-order valence-corrected chi connectivity index (χ3v) is 9.23. The van der Waals surface area contributed by atoms with Gasteiger partial charge in [0.2, 0.25) is 5.91 Å². The van der Waals surface area contributed by atoms with Crippen molar-refractivity contribution >= 4 is 49.9 Å². The van der Waals surface area contributed by atoms with E-state index in [1.54, 1.807) is 23.7 Å². The summed E-state index contributed by atoms with van der Waals surface area (Å²) in [5.41, 5.74) is 4.53. The summed E-state index contributed by atoms with van der Waals surface area (Å²) in [5.74, 6) is 0.903. The summed E-state index contributed by atoms with van der Waals surface area (Å²) in [6.07, 6.45) is 12.0. The van der Waals surface area contributed by atoms with Crippen LogP contribution in [0, 0.1) is 0 Å². The molecule has 41 heavy (non-hydrogen) atoms. The highest BCUT2D eigenvalue weighted by Crippen LogP contribution is 2.38. The Morgan fingerprint density at radius 1 is 1.02 bits per heavy atom. The molecule has 2 aliphatic rings. The molecule has 1 amide bonds. The zero-order valence-corrected chi connectivity index (χ0v) is 23.8. The zero-order chi connectivity index (χ0) is 27.6. The highest BCUT2D eigenvalue weighted by Gasteiger charge is 2.25. The molecule has 1 N–H and O–H groups in total. The number of nitrogens with zero attached hydrogens (tertiary/aromatic N) is 6. The Morgan fingerprint density at radius 3 is 2.78 bits per heavy atom. The van der Waals surface area contributed by atoms with Crippen molar-refractivity contribution in [2.75, 3.05) is 31.5 Å². The molecule has 8 nitrogen and oxygen atoms in total. The van der Waals surface area contributed by atoms with Crippen molar-refractivity contribution in [3.05, 3.63) is 89.2 Å². The van der Waals surface area contributed by atoms with Gasteiger partial charge in [0.15, 0.2) is 0 Å². The van der Waals surface area contributed by atoms with Crippen LogP contribution in [-0.4, -0.2) is 61.6 Å². The largest absolute Gasteiger partial charge is 0.340 e. The van der Waals surface area contributed by atoms with Gasteiger partial charge in [0, 0.05) is 35.1 Å². The zero-order valence-electron chi connectivity index (χ0n) is 23.0. The van der Waals surface area contributed by atoms with Gasteiger partial charge in [0.05, 0.1) is 30.2 Å². The summed E-state index contributed by atoms with van der Waals surface area (Å²) in [6.45, 7) is 5.19. The van der Waals surface area contributed by atoms with E-state index in [0.29, 0.717) is 13.1 Å². The number of carbonyl (C=O) groups excluding carboxylic acids is 1. The summed E-state index contributed by atoms with van der Waals surface area (Å²) in [6, 6.07) is 16.7. The molecule has 0 atom stereocenters. The molecular weight excluding hydrogens is 530 g/mol. The first-order valence-electron chi connectivity index (χ1n) is 14.4. The number of hydrogen-bond donors (Lipinski definition) is 1. The number of rotatable bonds is 7. The lowest BCUT2D eigenvalue weighted by Crippen LogP contribution is -2.34. The van der Waals surface area contributed by atoms with Gasteiger partial charge in [-0.25, -0.2) is 9.97 Å². The fourth-order valence-electron chi connectivity index (χ4n) is 5.94. The van der Waals surface area contributed by atoms with Crippen molar-refractivity contribution in [3.8, 4) is 0 Å². The molecule has 3 aromatic heterocycles. The predicted octanol–water partition coefficient (Wildman–Crippen LogP) is 5.76. The van der Waals surface area contributed by atoms with Gasteiger partial charge < -0.3 is 10.2 Å². The van der Waals surface area contributed by atoms with Crippen LogP contribution in [0.15, 0.2) is 73.2 Å². The minimum Gasteiger partial charge on any atom is -0.340 e. The van der Waals surface area contributed by atoms with Crippen LogP contribution in [0.2, 0.25) is 0 Å². The molecule has 0 aliphatic carbocycles. The Bertz CT molecular complexity index is 1720. The van der Waals surface area contributed by atoms with E-state index < -0.39 is 0 Å². The topological polar surface area (TPSA) is 79.2 Å². The molecule has 208 valence electrons. The summed E-state index contributed by atoms with van der Waals surface area (Å²) >= 11 is 1.67. The van der Waals surface area contributed by atoms with Crippen LogP contribution < -0.4 is 5.32 Å². The molecule has 9 heteroatoms. The fourth-order valence-corrected chi connectivity index (χ4v) is 7.15. The molecule has 0 bridgehead atoms. The van der Waals surface area contributed by atoms with E-state index in [9.17, 15) is 4.79 Å². The van der Waals surface area contributed by atoms with E-state index in [1.807, 2.05) is 27.9 Å². The van der Waals surface area contributed by atoms with Crippen molar-refractivity contribution in [2.24, 2.45) is 0 Å². The lowest BCUT2D eigenvalue weighted by atomic mass is 10.0. The number of amides is 1. The highest BCUT2D eigenvalue weighted by atomic mass is 32.1. The van der Waals surface area contributed by atoms with E-state index in [4.69, 9.17) is 0 Å². The Hall–Kier alpha value is -4.08. The van der Waals surface area contributed by atoms with E-state index in [0.717, 1.165) is 65.2 Å². The van der Waals surface area contributed by atoms with E-state index in [-0.39, 0.29) is 5.91 Å². The molecular formula is C32H33N7OS. The maximum absolute atomic E-state index is 13.0. The average Bonchev–Trinajstić information content (AvgIpc) is 3.59. The van der Waals surface area contributed by atoms with Gasteiger partial charge >= 0.3 is 0 Å². The molecule has 5 heterocycles. The number of hydrogen-bond acceptors (Lipinski definition) is 7. The van der Waals surface area contributed by atoms with Crippen LogP contribution in [0.25, 0.3) is 21.1 Å². The summed E-state index contributed by atoms with van der Waals surface area (Å²) < 4.78 is 2.03. The van der Waals surface area contributed by atoms with Crippen LogP contribution >= 0.6 is 11.3 Å². The Morgan fingerprint density at radius 2 is 1.90 bits per heavy atom. The number of nitrogens with one attached hydrogen (secondary N) is 1. The Balaban J connectivity index is 1.07. The van der Waals surface area contributed by atoms with Gasteiger partial charge in [-0.15, -0.1) is 11.3 Å². The molecule has 1 saturated heterocycles. The van der Waals surface area contributed by atoms with Gasteiger partial charge in [-0.1, -0.05) is 42.8 Å². The molecule has 0 radical (unpaired) electrons. The predicted molar refractivity (Wildman–Crippen MR) is 165 cm³/mol. The molecule has 5 aromatic rings. The van der Waals surface area contributed by atoms with Crippen molar-refractivity contribution in [2.45, 2.75) is 38.8 Å². The number of aromatic nitrogens is 4. The van der Waals surface area contributed by atoms with E-state index in [1.165, 1.54) is 35.3 Å². The van der Waals surface area contributed by atoms with Crippen LogP contribution in [0.5, 0.6) is 0 Å². The van der Waals surface area contributed by atoms with Crippen molar-refractivity contribution < 1.29 is 4.79 Å². The van der Waals surface area contributed by atoms with Crippen LogP contribution in [0.1, 0.15) is 35.3 Å². The van der Waals surface area contributed by atoms with Gasteiger partial charge in [-0.2, -0.15) is 5.10 Å². The van der Waals surface area contributed by atoms with Crippen molar-refractivity contribution in [1.29, 1.82) is 0 Å². The van der Waals surface area contributed by atoms with Gasteiger partial charge in [-0.3, -0.25) is 14.4 Å². The average molecular weight is 564 g/mol. The number of anilines is 2. The summed E-state index contributed by atoms with van der Waals surface area (Å²) in [5, 5.41) is 10.3. The number of piperidine rings is 1. The quantitative estimate of drug-likeness (QED) is 0.254.